The maximum Gasteiger partial charge on any atom is 0.253 e. The molecule has 0 aliphatic carbocycles. The molecule has 6 heteroatoms. The topological polar surface area (TPSA) is 58.6 Å². The number of thiophene rings is 1. The average Bonchev–Trinajstić information content (AvgIpc) is 3.29. The van der Waals surface area contributed by atoms with Crippen molar-refractivity contribution in [3.63, 3.8) is 0 Å². The Morgan fingerprint density at radius 1 is 0.967 bits per heavy atom. The number of carbonyl (C=O) groups is 2. The first-order valence-electron chi connectivity index (χ1n) is 10.0. The van der Waals surface area contributed by atoms with E-state index in [4.69, 9.17) is 4.74 Å². The van der Waals surface area contributed by atoms with Crippen molar-refractivity contribution >= 4 is 28.8 Å². The number of amides is 2. The minimum absolute atomic E-state index is 0.0166. The summed E-state index contributed by atoms with van der Waals surface area (Å²) in [5.74, 6) is 0.757. The molecule has 1 N–H and O–H groups in total. The lowest BCUT2D eigenvalue weighted by Gasteiger charge is -2.32. The zero-order valence-electron chi connectivity index (χ0n) is 16.8. The fourth-order valence-electron chi connectivity index (χ4n) is 3.61. The highest BCUT2D eigenvalue weighted by Gasteiger charge is 2.24. The van der Waals surface area contributed by atoms with Crippen LogP contribution in [0.2, 0.25) is 0 Å². The number of likely N-dealkylation sites (tertiary alicyclic amines) is 1. The van der Waals surface area contributed by atoms with E-state index >= 15 is 0 Å². The van der Waals surface area contributed by atoms with Crippen LogP contribution in [0.1, 0.15) is 30.1 Å². The third kappa shape index (κ3) is 4.89. The lowest BCUT2D eigenvalue weighted by atomic mass is 10.1. The molecular formula is C24H24N2O3S. The summed E-state index contributed by atoms with van der Waals surface area (Å²) in [6, 6.07) is 17.3. The van der Waals surface area contributed by atoms with Gasteiger partial charge in [0.25, 0.3) is 5.91 Å². The van der Waals surface area contributed by atoms with Gasteiger partial charge in [-0.15, -0.1) is 0 Å². The summed E-state index contributed by atoms with van der Waals surface area (Å²) >= 11 is 1.69. The molecule has 2 amide bonds. The lowest BCUT2D eigenvalue weighted by molar-refractivity contribution is -0.114. The largest absolute Gasteiger partial charge is 0.490 e. The van der Waals surface area contributed by atoms with E-state index in [2.05, 4.69) is 34.3 Å². The zero-order chi connectivity index (χ0) is 20.9. The third-order valence-corrected chi connectivity index (χ3v) is 5.88. The minimum Gasteiger partial charge on any atom is -0.490 e. The molecule has 1 aliphatic heterocycles. The van der Waals surface area contributed by atoms with Crippen LogP contribution in [0.15, 0.2) is 65.4 Å². The summed E-state index contributed by atoms with van der Waals surface area (Å²) in [7, 11) is 0. The van der Waals surface area contributed by atoms with Gasteiger partial charge in [0.05, 0.1) is 0 Å². The summed E-state index contributed by atoms with van der Waals surface area (Å²) in [5.41, 5.74) is 3.74. The van der Waals surface area contributed by atoms with Crippen molar-refractivity contribution in [3.05, 3.63) is 70.9 Å². The molecule has 1 fully saturated rings. The van der Waals surface area contributed by atoms with Crippen LogP contribution in [0.25, 0.3) is 11.1 Å². The Hall–Kier alpha value is -3.12. The number of piperidine rings is 1. The molecule has 1 saturated heterocycles. The van der Waals surface area contributed by atoms with Gasteiger partial charge in [0.1, 0.15) is 11.9 Å². The van der Waals surface area contributed by atoms with Crippen molar-refractivity contribution in [1.82, 2.24) is 4.90 Å². The lowest BCUT2D eigenvalue weighted by Crippen LogP contribution is -2.41. The van der Waals surface area contributed by atoms with Gasteiger partial charge in [-0.25, -0.2) is 0 Å². The molecule has 2 aromatic carbocycles. The standard InChI is InChI=1S/C24H24N2O3S/c1-17(27)25-21-6-2-19(3-7-21)24(28)26-13-10-23(11-14-26)29-22-8-4-18(5-9-22)20-12-15-30-16-20/h2-9,12,15-16,23H,10-11,13-14H2,1H3,(H,25,27). The molecule has 154 valence electrons. The minimum atomic E-state index is -0.128. The predicted molar refractivity (Wildman–Crippen MR) is 120 cm³/mol. The Morgan fingerprint density at radius 3 is 2.27 bits per heavy atom. The monoisotopic (exact) mass is 420 g/mol. The fourth-order valence-corrected chi connectivity index (χ4v) is 4.27. The first-order chi connectivity index (χ1) is 14.6. The molecule has 2 heterocycles. The van der Waals surface area contributed by atoms with Crippen LogP contribution in [-0.4, -0.2) is 35.9 Å². The van der Waals surface area contributed by atoms with Crippen LogP contribution < -0.4 is 10.1 Å². The smallest absolute Gasteiger partial charge is 0.253 e. The molecule has 30 heavy (non-hydrogen) atoms. The highest BCUT2D eigenvalue weighted by atomic mass is 32.1. The Labute approximate surface area is 180 Å². The number of ether oxygens (including phenoxy) is 1. The first-order valence-corrected chi connectivity index (χ1v) is 11.0. The van der Waals surface area contributed by atoms with Gasteiger partial charge in [0, 0.05) is 44.1 Å². The quantitative estimate of drug-likeness (QED) is 0.628. The first kappa shape index (κ1) is 20.2. The predicted octanol–water partition coefficient (Wildman–Crippen LogP) is 5.06. The second-order valence-electron chi connectivity index (χ2n) is 7.40. The van der Waals surface area contributed by atoms with E-state index in [-0.39, 0.29) is 17.9 Å². The molecule has 4 rings (SSSR count). The number of nitrogens with zero attached hydrogens (tertiary/aromatic N) is 1. The Morgan fingerprint density at radius 2 is 1.67 bits per heavy atom. The molecular weight excluding hydrogens is 396 g/mol. The van der Waals surface area contributed by atoms with E-state index < -0.39 is 0 Å². The SMILES string of the molecule is CC(=O)Nc1ccc(C(=O)N2CCC(Oc3ccc(-c4ccsc4)cc3)CC2)cc1. The molecule has 3 aromatic rings. The molecule has 1 aromatic heterocycles. The summed E-state index contributed by atoms with van der Waals surface area (Å²) in [5, 5.41) is 6.92. The van der Waals surface area contributed by atoms with Crippen molar-refractivity contribution < 1.29 is 14.3 Å². The Bertz CT molecular complexity index is 990. The van der Waals surface area contributed by atoms with Gasteiger partial charge in [0.15, 0.2) is 0 Å². The summed E-state index contributed by atoms with van der Waals surface area (Å²) in [6.07, 6.45) is 1.73. The maximum atomic E-state index is 12.7. The summed E-state index contributed by atoms with van der Waals surface area (Å²) < 4.78 is 6.14. The maximum absolute atomic E-state index is 12.7. The summed E-state index contributed by atoms with van der Waals surface area (Å²) in [4.78, 5) is 25.7. The molecule has 0 atom stereocenters. The number of hydrogen-bond donors (Lipinski definition) is 1. The normalized spacial score (nSPS) is 14.4. The highest BCUT2D eigenvalue weighted by Crippen LogP contribution is 2.26. The van der Waals surface area contributed by atoms with Gasteiger partial charge in [-0.1, -0.05) is 12.1 Å². The Balaban J connectivity index is 1.29. The number of nitrogens with one attached hydrogen (secondary N) is 1. The van der Waals surface area contributed by atoms with Crippen molar-refractivity contribution in [2.75, 3.05) is 18.4 Å². The van der Waals surface area contributed by atoms with Crippen molar-refractivity contribution in [1.29, 1.82) is 0 Å². The average molecular weight is 421 g/mol. The molecule has 0 saturated carbocycles. The van der Waals surface area contributed by atoms with Crippen molar-refractivity contribution in [3.8, 4) is 16.9 Å². The van der Waals surface area contributed by atoms with Crippen LogP contribution in [0, 0.1) is 0 Å². The second kappa shape index (κ2) is 9.13. The van der Waals surface area contributed by atoms with E-state index in [1.54, 1.807) is 35.6 Å². The number of hydrogen-bond acceptors (Lipinski definition) is 4. The third-order valence-electron chi connectivity index (χ3n) is 5.19. The van der Waals surface area contributed by atoms with Crippen LogP contribution in [0.4, 0.5) is 5.69 Å². The molecule has 0 radical (unpaired) electrons. The van der Waals surface area contributed by atoms with Gasteiger partial charge in [-0.05, 0) is 64.4 Å². The molecule has 1 aliphatic rings. The van der Waals surface area contributed by atoms with Gasteiger partial charge in [-0.2, -0.15) is 11.3 Å². The molecule has 0 unspecified atom stereocenters. The molecule has 5 nitrogen and oxygen atoms in total. The Kier molecular flexibility index (Phi) is 6.14. The van der Waals surface area contributed by atoms with Crippen LogP contribution in [0.5, 0.6) is 5.75 Å². The number of carbonyl (C=O) groups excluding carboxylic acids is 2. The van der Waals surface area contributed by atoms with Gasteiger partial charge in [0.2, 0.25) is 5.91 Å². The van der Waals surface area contributed by atoms with E-state index in [9.17, 15) is 9.59 Å². The number of benzene rings is 2. The number of rotatable bonds is 5. The van der Waals surface area contributed by atoms with Gasteiger partial charge in [-0.3, -0.25) is 9.59 Å². The van der Waals surface area contributed by atoms with Crippen molar-refractivity contribution in [2.45, 2.75) is 25.9 Å². The van der Waals surface area contributed by atoms with Crippen LogP contribution in [0.3, 0.4) is 0 Å². The van der Waals surface area contributed by atoms with Gasteiger partial charge >= 0.3 is 0 Å². The van der Waals surface area contributed by atoms with E-state index in [1.807, 2.05) is 17.0 Å². The van der Waals surface area contributed by atoms with E-state index in [0.717, 1.165) is 18.6 Å². The van der Waals surface area contributed by atoms with E-state index in [1.165, 1.54) is 18.1 Å². The fraction of sp³-hybridized carbons (Fsp3) is 0.250. The highest BCUT2D eigenvalue weighted by molar-refractivity contribution is 7.08. The zero-order valence-corrected chi connectivity index (χ0v) is 17.7. The second-order valence-corrected chi connectivity index (χ2v) is 8.18. The van der Waals surface area contributed by atoms with Crippen LogP contribution in [-0.2, 0) is 4.79 Å². The van der Waals surface area contributed by atoms with Gasteiger partial charge < -0.3 is 15.0 Å². The van der Waals surface area contributed by atoms with Crippen molar-refractivity contribution in [2.24, 2.45) is 0 Å². The summed E-state index contributed by atoms with van der Waals surface area (Å²) in [6.45, 7) is 2.80. The van der Waals surface area contributed by atoms with E-state index in [0.29, 0.717) is 24.3 Å². The molecule has 0 spiro atoms. The van der Waals surface area contributed by atoms with Crippen LogP contribution >= 0.6 is 11.3 Å². The number of anilines is 1. The molecule has 0 bridgehead atoms.